The highest BCUT2D eigenvalue weighted by Gasteiger charge is 2.12. The molecule has 0 bridgehead atoms. The summed E-state index contributed by atoms with van der Waals surface area (Å²) in [5, 5.41) is 2.48. The number of ether oxygens (including phenoxy) is 1. The summed E-state index contributed by atoms with van der Waals surface area (Å²) in [7, 11) is 1.72. The van der Waals surface area contributed by atoms with E-state index in [9.17, 15) is 0 Å². The van der Waals surface area contributed by atoms with Gasteiger partial charge in [-0.05, 0) is 48.4 Å². The summed E-state index contributed by atoms with van der Waals surface area (Å²) in [4.78, 5) is 0. The Morgan fingerprint density at radius 3 is 2.33 bits per heavy atom. The molecule has 0 atom stereocenters. The summed E-state index contributed by atoms with van der Waals surface area (Å²) in [5.74, 6) is 0.892. The van der Waals surface area contributed by atoms with Crippen molar-refractivity contribution in [1.29, 1.82) is 0 Å². The Balaban J connectivity index is 1.98. The molecule has 2 nitrogen and oxygen atoms in total. The molecular formula is C22H21NO. The number of hydrogen-bond donors (Lipinski definition) is 0. The van der Waals surface area contributed by atoms with Crippen LogP contribution in [0.3, 0.4) is 0 Å². The normalized spacial score (nSPS) is 11.2. The van der Waals surface area contributed by atoms with Gasteiger partial charge in [-0.1, -0.05) is 43.7 Å². The van der Waals surface area contributed by atoms with E-state index in [-0.39, 0.29) is 0 Å². The lowest BCUT2D eigenvalue weighted by Gasteiger charge is -2.09. The molecule has 0 radical (unpaired) electrons. The summed E-state index contributed by atoms with van der Waals surface area (Å²) >= 11 is 0. The lowest BCUT2D eigenvalue weighted by Crippen LogP contribution is -1.94. The van der Waals surface area contributed by atoms with Crippen LogP contribution in [0.15, 0.2) is 66.7 Å². The third kappa shape index (κ3) is 2.35. The first-order valence-electron chi connectivity index (χ1n) is 8.48. The molecule has 0 unspecified atom stereocenters. The quantitative estimate of drug-likeness (QED) is 0.468. The lowest BCUT2D eigenvalue weighted by molar-refractivity contribution is 0.415. The predicted octanol–water partition coefficient (Wildman–Crippen LogP) is 5.74. The smallest absolute Gasteiger partial charge is 0.119 e. The maximum absolute atomic E-state index is 5.42. The van der Waals surface area contributed by atoms with Gasteiger partial charge in [-0.25, -0.2) is 0 Å². The second-order valence-electron chi connectivity index (χ2n) is 6.15. The van der Waals surface area contributed by atoms with E-state index in [4.69, 9.17) is 4.74 Å². The monoisotopic (exact) mass is 315 g/mol. The van der Waals surface area contributed by atoms with Crippen LogP contribution in [0.4, 0.5) is 0 Å². The van der Waals surface area contributed by atoms with Gasteiger partial charge in [0.1, 0.15) is 5.75 Å². The number of hydrogen-bond acceptors (Lipinski definition) is 1. The first-order chi connectivity index (χ1) is 11.8. The van der Waals surface area contributed by atoms with Crippen molar-refractivity contribution >= 4 is 21.8 Å². The van der Waals surface area contributed by atoms with Crippen LogP contribution in [0.25, 0.3) is 27.5 Å². The van der Waals surface area contributed by atoms with Crippen molar-refractivity contribution in [1.82, 2.24) is 4.57 Å². The number of rotatable bonds is 4. The van der Waals surface area contributed by atoms with Gasteiger partial charge in [0.15, 0.2) is 0 Å². The Hall–Kier alpha value is -2.74. The molecular weight excluding hydrogens is 294 g/mol. The van der Waals surface area contributed by atoms with E-state index in [1.807, 2.05) is 6.07 Å². The van der Waals surface area contributed by atoms with E-state index in [1.165, 1.54) is 39.5 Å². The van der Waals surface area contributed by atoms with Crippen LogP contribution < -0.4 is 4.74 Å². The number of nitrogens with zero attached hydrogens (tertiary/aromatic N) is 1. The van der Waals surface area contributed by atoms with Crippen LogP contribution in [0.1, 0.15) is 18.9 Å². The van der Waals surface area contributed by atoms with E-state index < -0.39 is 0 Å². The second-order valence-corrected chi connectivity index (χ2v) is 6.15. The van der Waals surface area contributed by atoms with E-state index in [2.05, 4.69) is 72.2 Å². The fourth-order valence-electron chi connectivity index (χ4n) is 3.46. The number of aryl methyl sites for hydroxylation is 1. The fourth-order valence-corrected chi connectivity index (χ4v) is 3.46. The van der Waals surface area contributed by atoms with Crippen molar-refractivity contribution in [3.63, 3.8) is 0 Å². The Labute approximate surface area is 142 Å². The molecule has 0 spiro atoms. The van der Waals surface area contributed by atoms with Crippen LogP contribution >= 0.6 is 0 Å². The topological polar surface area (TPSA) is 14.2 Å². The van der Waals surface area contributed by atoms with E-state index in [1.54, 1.807) is 7.11 Å². The molecule has 0 N–H and O–H groups in total. The van der Waals surface area contributed by atoms with Gasteiger partial charge in [-0.3, -0.25) is 0 Å². The summed E-state index contributed by atoms with van der Waals surface area (Å²) in [6.07, 6.45) is 2.30. The highest BCUT2D eigenvalue weighted by molar-refractivity contribution is 6.09. The molecule has 0 aliphatic heterocycles. The minimum Gasteiger partial charge on any atom is -0.497 e. The molecule has 0 amide bonds. The number of methoxy groups -OCH3 is 1. The lowest BCUT2D eigenvalue weighted by atomic mass is 10.1. The Bertz CT molecular complexity index is 996. The highest BCUT2D eigenvalue weighted by Crippen LogP contribution is 2.34. The molecule has 0 aliphatic carbocycles. The first-order valence-corrected chi connectivity index (χ1v) is 8.48. The third-order valence-electron chi connectivity index (χ3n) is 4.61. The Morgan fingerprint density at radius 2 is 1.58 bits per heavy atom. The minimum absolute atomic E-state index is 0.892. The van der Waals surface area contributed by atoms with Gasteiger partial charge >= 0.3 is 0 Å². The average Bonchev–Trinajstić information content (AvgIpc) is 2.96. The van der Waals surface area contributed by atoms with Crippen molar-refractivity contribution < 1.29 is 4.74 Å². The van der Waals surface area contributed by atoms with Gasteiger partial charge in [-0.2, -0.15) is 0 Å². The molecule has 0 saturated carbocycles. The van der Waals surface area contributed by atoms with Crippen LogP contribution in [0.2, 0.25) is 0 Å². The summed E-state index contributed by atoms with van der Waals surface area (Å²) in [6, 6.07) is 23.8. The zero-order valence-corrected chi connectivity index (χ0v) is 14.1. The SMILES string of the molecule is CCCc1ccc(-n2c3ccccc3c3cc(OC)ccc32)cc1. The number of para-hydroxylation sites is 1. The second kappa shape index (κ2) is 6.04. The van der Waals surface area contributed by atoms with Gasteiger partial charge in [-0.15, -0.1) is 0 Å². The number of fused-ring (bicyclic) bond motifs is 3. The Kier molecular flexibility index (Phi) is 3.73. The molecule has 1 heterocycles. The van der Waals surface area contributed by atoms with Crippen LogP contribution in [-0.2, 0) is 6.42 Å². The van der Waals surface area contributed by atoms with E-state index in [0.717, 1.165) is 12.2 Å². The van der Waals surface area contributed by atoms with Crippen molar-refractivity contribution in [2.75, 3.05) is 7.11 Å². The largest absolute Gasteiger partial charge is 0.497 e. The van der Waals surface area contributed by atoms with Gasteiger partial charge in [0, 0.05) is 16.5 Å². The number of benzene rings is 3. The zero-order chi connectivity index (χ0) is 16.5. The molecule has 0 aliphatic rings. The molecule has 4 rings (SSSR count). The minimum atomic E-state index is 0.892. The molecule has 24 heavy (non-hydrogen) atoms. The number of aromatic nitrogens is 1. The summed E-state index contributed by atoms with van der Waals surface area (Å²) < 4.78 is 7.75. The van der Waals surface area contributed by atoms with Crippen molar-refractivity contribution in [3.8, 4) is 11.4 Å². The van der Waals surface area contributed by atoms with Crippen LogP contribution in [0, 0.1) is 0 Å². The molecule has 4 aromatic rings. The fraction of sp³-hybridized carbons (Fsp3) is 0.182. The van der Waals surface area contributed by atoms with E-state index in [0.29, 0.717) is 0 Å². The molecule has 3 aromatic carbocycles. The van der Waals surface area contributed by atoms with E-state index >= 15 is 0 Å². The zero-order valence-electron chi connectivity index (χ0n) is 14.1. The van der Waals surface area contributed by atoms with Gasteiger partial charge < -0.3 is 9.30 Å². The molecule has 2 heteroatoms. The van der Waals surface area contributed by atoms with Gasteiger partial charge in [0.05, 0.1) is 18.1 Å². The van der Waals surface area contributed by atoms with Crippen LogP contribution in [0.5, 0.6) is 5.75 Å². The molecule has 0 fully saturated rings. The Morgan fingerprint density at radius 1 is 0.833 bits per heavy atom. The van der Waals surface area contributed by atoms with Gasteiger partial charge in [0.2, 0.25) is 0 Å². The molecule has 1 aromatic heterocycles. The predicted molar refractivity (Wildman–Crippen MR) is 101 cm³/mol. The first kappa shape index (κ1) is 14.8. The summed E-state index contributed by atoms with van der Waals surface area (Å²) in [6.45, 7) is 2.22. The van der Waals surface area contributed by atoms with Crippen molar-refractivity contribution in [2.24, 2.45) is 0 Å². The van der Waals surface area contributed by atoms with Gasteiger partial charge in [0.25, 0.3) is 0 Å². The van der Waals surface area contributed by atoms with Crippen LogP contribution in [-0.4, -0.2) is 11.7 Å². The average molecular weight is 315 g/mol. The third-order valence-corrected chi connectivity index (χ3v) is 4.61. The van der Waals surface area contributed by atoms with Crippen molar-refractivity contribution in [3.05, 3.63) is 72.3 Å². The highest BCUT2D eigenvalue weighted by atomic mass is 16.5. The standard InChI is InChI=1S/C22H21NO/c1-3-6-16-9-11-17(12-10-16)23-21-8-5-4-7-19(21)20-15-18(24-2)13-14-22(20)23/h4-5,7-15H,3,6H2,1-2H3. The maximum atomic E-state index is 5.42. The summed E-state index contributed by atoms with van der Waals surface area (Å²) in [5.41, 5.74) is 5.03. The van der Waals surface area contributed by atoms with Crippen molar-refractivity contribution in [2.45, 2.75) is 19.8 Å². The molecule has 0 saturated heterocycles. The molecule has 120 valence electrons. The maximum Gasteiger partial charge on any atom is 0.119 e.